The summed E-state index contributed by atoms with van der Waals surface area (Å²) in [5.74, 6) is -1.20. The number of sulfonamides is 1. The number of hydrogen-bond donors (Lipinski definition) is 2. The van der Waals surface area contributed by atoms with E-state index in [1.807, 2.05) is 6.92 Å². The molecule has 0 amide bonds. The fourth-order valence-electron chi connectivity index (χ4n) is 1.34. The monoisotopic (exact) mass is 267 g/mol. The van der Waals surface area contributed by atoms with Gasteiger partial charge in [0.05, 0.1) is 5.75 Å². The zero-order valence-electron chi connectivity index (χ0n) is 10.3. The number of aliphatic carboxylic acids is 1. The molecule has 0 fully saturated rings. The van der Waals surface area contributed by atoms with Crippen LogP contribution in [0, 0.1) is 0 Å². The van der Waals surface area contributed by atoms with E-state index in [-0.39, 0.29) is 5.75 Å². The highest BCUT2D eigenvalue weighted by atomic mass is 32.2. The van der Waals surface area contributed by atoms with Crippen LogP contribution >= 0.6 is 0 Å². The van der Waals surface area contributed by atoms with Gasteiger partial charge in [0.25, 0.3) is 0 Å². The first-order valence-corrected chi connectivity index (χ1v) is 7.30. The van der Waals surface area contributed by atoms with Crippen molar-refractivity contribution < 1.29 is 23.1 Å². The van der Waals surface area contributed by atoms with Crippen LogP contribution in [0.1, 0.15) is 32.6 Å². The summed E-state index contributed by atoms with van der Waals surface area (Å²) in [5.41, 5.74) is 0. The molecule has 0 saturated carbocycles. The number of carboxylic acids is 1. The molecule has 0 rings (SSSR count). The van der Waals surface area contributed by atoms with E-state index < -0.39 is 22.0 Å². The van der Waals surface area contributed by atoms with Crippen molar-refractivity contribution in [3.63, 3.8) is 0 Å². The molecule has 0 spiro atoms. The Morgan fingerprint density at radius 1 is 1.41 bits per heavy atom. The second-order valence-corrected chi connectivity index (χ2v) is 5.69. The summed E-state index contributed by atoms with van der Waals surface area (Å²) in [6.07, 6.45) is 2.01. The fraction of sp³-hybridized carbons (Fsp3) is 0.900. The Morgan fingerprint density at radius 3 is 2.53 bits per heavy atom. The van der Waals surface area contributed by atoms with Crippen LogP contribution in [0.2, 0.25) is 0 Å². The van der Waals surface area contributed by atoms with Crippen LogP contribution < -0.4 is 4.72 Å². The van der Waals surface area contributed by atoms with E-state index in [0.717, 1.165) is 0 Å². The first-order valence-electron chi connectivity index (χ1n) is 5.64. The molecule has 102 valence electrons. The van der Waals surface area contributed by atoms with Crippen LogP contribution in [0.4, 0.5) is 0 Å². The Bertz CT molecular complexity index is 315. The summed E-state index contributed by atoms with van der Waals surface area (Å²) < 4.78 is 30.1. The lowest BCUT2D eigenvalue weighted by molar-refractivity contribution is -0.139. The van der Waals surface area contributed by atoms with Crippen molar-refractivity contribution in [2.75, 3.05) is 19.5 Å². The average Bonchev–Trinajstić information content (AvgIpc) is 2.23. The van der Waals surface area contributed by atoms with E-state index >= 15 is 0 Å². The van der Waals surface area contributed by atoms with Crippen LogP contribution in [0.15, 0.2) is 0 Å². The van der Waals surface area contributed by atoms with Gasteiger partial charge < -0.3 is 9.84 Å². The van der Waals surface area contributed by atoms with Crippen molar-refractivity contribution in [3.8, 4) is 0 Å². The molecule has 17 heavy (non-hydrogen) atoms. The number of carboxylic acid groups (broad SMARTS) is 1. The van der Waals surface area contributed by atoms with Gasteiger partial charge in [0.15, 0.2) is 0 Å². The summed E-state index contributed by atoms with van der Waals surface area (Å²) in [4.78, 5) is 10.8. The van der Waals surface area contributed by atoms with Gasteiger partial charge in [-0.25, -0.2) is 13.1 Å². The minimum Gasteiger partial charge on any atom is -0.480 e. The van der Waals surface area contributed by atoms with Crippen molar-refractivity contribution in [3.05, 3.63) is 0 Å². The molecular weight excluding hydrogens is 246 g/mol. The van der Waals surface area contributed by atoms with E-state index in [9.17, 15) is 13.2 Å². The maximum absolute atomic E-state index is 11.6. The van der Waals surface area contributed by atoms with Crippen molar-refractivity contribution in [2.24, 2.45) is 0 Å². The van der Waals surface area contributed by atoms with Crippen LogP contribution in [-0.2, 0) is 19.6 Å². The topological polar surface area (TPSA) is 92.7 Å². The minimum absolute atomic E-state index is 0.0656. The minimum atomic E-state index is -3.51. The van der Waals surface area contributed by atoms with Gasteiger partial charge >= 0.3 is 5.97 Å². The van der Waals surface area contributed by atoms with Crippen LogP contribution in [0.3, 0.4) is 0 Å². The van der Waals surface area contributed by atoms with E-state index in [0.29, 0.717) is 32.3 Å². The SMILES string of the molecule is CCCC(NS(=O)(=O)CCCCOC)C(=O)O. The molecule has 0 aromatic rings. The second kappa shape index (κ2) is 8.43. The second-order valence-electron chi connectivity index (χ2n) is 3.82. The molecule has 0 aliphatic heterocycles. The summed E-state index contributed by atoms with van der Waals surface area (Å²) in [7, 11) is -1.96. The summed E-state index contributed by atoms with van der Waals surface area (Å²) >= 11 is 0. The molecule has 0 heterocycles. The number of rotatable bonds is 10. The molecule has 0 aromatic carbocycles. The Balaban J connectivity index is 4.16. The molecule has 6 nitrogen and oxygen atoms in total. The number of hydrogen-bond acceptors (Lipinski definition) is 4. The lowest BCUT2D eigenvalue weighted by Crippen LogP contribution is -2.41. The molecule has 0 aliphatic carbocycles. The number of methoxy groups -OCH3 is 1. The molecule has 1 atom stereocenters. The van der Waals surface area contributed by atoms with Gasteiger partial charge in [0.1, 0.15) is 6.04 Å². The highest BCUT2D eigenvalue weighted by Crippen LogP contribution is 2.02. The van der Waals surface area contributed by atoms with Crippen molar-refractivity contribution in [1.82, 2.24) is 4.72 Å². The Morgan fingerprint density at radius 2 is 2.06 bits per heavy atom. The largest absolute Gasteiger partial charge is 0.480 e. The Labute approximate surface area is 102 Å². The third-order valence-corrected chi connectivity index (χ3v) is 3.68. The fourth-order valence-corrected chi connectivity index (χ4v) is 2.69. The maximum atomic E-state index is 11.6. The normalized spacial score (nSPS) is 13.5. The highest BCUT2D eigenvalue weighted by Gasteiger charge is 2.22. The lowest BCUT2D eigenvalue weighted by Gasteiger charge is -2.13. The van der Waals surface area contributed by atoms with Gasteiger partial charge in [0.2, 0.25) is 10.0 Å². The summed E-state index contributed by atoms with van der Waals surface area (Å²) in [6.45, 7) is 2.32. The quantitative estimate of drug-likeness (QED) is 0.565. The first kappa shape index (κ1) is 16.3. The molecule has 0 aliphatic rings. The summed E-state index contributed by atoms with van der Waals surface area (Å²) in [6, 6.07) is -1.02. The average molecular weight is 267 g/mol. The third-order valence-electron chi connectivity index (χ3n) is 2.21. The summed E-state index contributed by atoms with van der Waals surface area (Å²) in [5, 5.41) is 8.83. The van der Waals surface area contributed by atoms with Crippen molar-refractivity contribution >= 4 is 16.0 Å². The van der Waals surface area contributed by atoms with Gasteiger partial charge in [-0.05, 0) is 19.3 Å². The molecule has 0 bridgehead atoms. The molecule has 2 N–H and O–H groups in total. The Hall–Kier alpha value is -0.660. The highest BCUT2D eigenvalue weighted by molar-refractivity contribution is 7.89. The number of carbonyl (C=O) groups is 1. The smallest absolute Gasteiger partial charge is 0.321 e. The van der Waals surface area contributed by atoms with E-state index in [1.165, 1.54) is 0 Å². The van der Waals surface area contributed by atoms with E-state index in [1.54, 1.807) is 7.11 Å². The molecule has 1 unspecified atom stereocenters. The van der Waals surface area contributed by atoms with E-state index in [4.69, 9.17) is 9.84 Å². The first-order chi connectivity index (χ1) is 7.93. The lowest BCUT2D eigenvalue weighted by atomic mass is 10.2. The van der Waals surface area contributed by atoms with Crippen molar-refractivity contribution in [2.45, 2.75) is 38.6 Å². The Kier molecular flexibility index (Phi) is 8.11. The molecule has 0 radical (unpaired) electrons. The zero-order chi connectivity index (χ0) is 13.3. The van der Waals surface area contributed by atoms with Crippen LogP contribution in [0.25, 0.3) is 0 Å². The van der Waals surface area contributed by atoms with Gasteiger partial charge in [-0.15, -0.1) is 0 Å². The van der Waals surface area contributed by atoms with Crippen LogP contribution in [0.5, 0.6) is 0 Å². The molecule has 7 heteroatoms. The van der Waals surface area contributed by atoms with Gasteiger partial charge in [-0.1, -0.05) is 13.3 Å². The standard InChI is InChI=1S/C10H21NO5S/c1-3-6-9(10(12)13)11-17(14,15)8-5-4-7-16-2/h9,11H,3-8H2,1-2H3,(H,12,13). The number of unbranched alkanes of at least 4 members (excludes halogenated alkanes) is 1. The maximum Gasteiger partial charge on any atom is 0.321 e. The van der Waals surface area contributed by atoms with Crippen molar-refractivity contribution in [1.29, 1.82) is 0 Å². The molecule has 0 saturated heterocycles. The number of ether oxygens (including phenoxy) is 1. The molecule has 0 aromatic heterocycles. The predicted octanol–water partition coefficient (Wildman–Crippen LogP) is 0.586. The van der Waals surface area contributed by atoms with Gasteiger partial charge in [-0.3, -0.25) is 4.79 Å². The van der Waals surface area contributed by atoms with E-state index in [2.05, 4.69) is 4.72 Å². The van der Waals surface area contributed by atoms with Crippen LogP contribution in [-0.4, -0.2) is 45.0 Å². The molecular formula is C10H21NO5S. The number of nitrogens with one attached hydrogen (secondary N) is 1. The van der Waals surface area contributed by atoms with Gasteiger partial charge in [-0.2, -0.15) is 0 Å². The van der Waals surface area contributed by atoms with Gasteiger partial charge in [0, 0.05) is 13.7 Å². The zero-order valence-corrected chi connectivity index (χ0v) is 11.1. The predicted molar refractivity (Wildman–Crippen MR) is 64.4 cm³/mol. The third kappa shape index (κ3) is 8.12.